The maximum atomic E-state index is 11.7. The molecule has 0 saturated heterocycles. The van der Waals surface area contributed by atoms with E-state index in [0.717, 1.165) is 5.56 Å². The average molecular weight is 276 g/mol. The van der Waals surface area contributed by atoms with Gasteiger partial charge in [-0.25, -0.2) is 4.79 Å². The molecule has 2 aromatic rings. The van der Waals surface area contributed by atoms with Crippen molar-refractivity contribution in [2.75, 3.05) is 11.9 Å². The number of amides is 2. The molecule has 0 fully saturated rings. The summed E-state index contributed by atoms with van der Waals surface area (Å²) in [5.74, 6) is 0.947. The molecule has 0 aliphatic carbocycles. The first kappa shape index (κ1) is 14.0. The van der Waals surface area contributed by atoms with Gasteiger partial charge in [0.1, 0.15) is 0 Å². The number of anilines is 1. The normalized spacial score (nSPS) is 11.9. The van der Waals surface area contributed by atoms with Gasteiger partial charge < -0.3 is 20.3 Å². The number of nitrogens with one attached hydrogen (secondary N) is 2. The fourth-order valence-corrected chi connectivity index (χ4v) is 1.59. The highest BCUT2D eigenvalue weighted by Crippen LogP contribution is 2.19. The van der Waals surface area contributed by atoms with Crippen molar-refractivity contribution in [2.24, 2.45) is 0 Å². The molecule has 7 nitrogen and oxygen atoms in total. The van der Waals surface area contributed by atoms with Gasteiger partial charge in [0.2, 0.25) is 11.7 Å². The van der Waals surface area contributed by atoms with Crippen LogP contribution in [0.2, 0.25) is 0 Å². The summed E-state index contributed by atoms with van der Waals surface area (Å²) in [6, 6.07) is 6.41. The highest BCUT2D eigenvalue weighted by Gasteiger charge is 2.09. The SMILES string of the molecule is Cc1nc(-c2cccc(NC(=O)N[C@@H](C)CO)c2)no1. The number of carbonyl (C=O) groups is 1. The Bertz CT molecular complexity index is 597. The number of aliphatic hydroxyl groups is 1. The number of aryl methyl sites for hydroxylation is 1. The van der Waals surface area contributed by atoms with E-state index in [1.807, 2.05) is 6.07 Å². The predicted molar refractivity (Wildman–Crippen MR) is 73.2 cm³/mol. The zero-order valence-corrected chi connectivity index (χ0v) is 11.3. The molecule has 0 bridgehead atoms. The molecule has 0 spiro atoms. The summed E-state index contributed by atoms with van der Waals surface area (Å²) in [6.45, 7) is 3.30. The Morgan fingerprint density at radius 1 is 1.50 bits per heavy atom. The molecule has 1 atom stereocenters. The van der Waals surface area contributed by atoms with Crippen molar-refractivity contribution in [1.82, 2.24) is 15.5 Å². The Morgan fingerprint density at radius 3 is 2.95 bits per heavy atom. The van der Waals surface area contributed by atoms with Crippen molar-refractivity contribution >= 4 is 11.7 Å². The molecule has 1 heterocycles. The van der Waals surface area contributed by atoms with Gasteiger partial charge >= 0.3 is 6.03 Å². The van der Waals surface area contributed by atoms with Gasteiger partial charge in [-0.1, -0.05) is 17.3 Å². The summed E-state index contributed by atoms with van der Waals surface area (Å²) < 4.78 is 4.92. The maximum Gasteiger partial charge on any atom is 0.319 e. The summed E-state index contributed by atoms with van der Waals surface area (Å²) in [5, 5.41) is 18.0. The molecule has 20 heavy (non-hydrogen) atoms. The third kappa shape index (κ3) is 3.55. The van der Waals surface area contributed by atoms with Crippen LogP contribution in [0, 0.1) is 6.92 Å². The van der Waals surface area contributed by atoms with Gasteiger partial charge in [0.05, 0.1) is 12.6 Å². The molecule has 0 aliphatic heterocycles. The van der Waals surface area contributed by atoms with E-state index in [-0.39, 0.29) is 18.7 Å². The molecule has 2 rings (SSSR count). The van der Waals surface area contributed by atoms with Crippen molar-refractivity contribution in [3.63, 3.8) is 0 Å². The molecule has 0 aliphatic rings. The van der Waals surface area contributed by atoms with E-state index >= 15 is 0 Å². The molecule has 0 saturated carbocycles. The fourth-order valence-electron chi connectivity index (χ4n) is 1.59. The summed E-state index contributed by atoms with van der Waals surface area (Å²) >= 11 is 0. The van der Waals surface area contributed by atoms with Crippen molar-refractivity contribution in [3.05, 3.63) is 30.2 Å². The van der Waals surface area contributed by atoms with Crippen LogP contribution in [0.3, 0.4) is 0 Å². The van der Waals surface area contributed by atoms with Crippen LogP contribution in [0.5, 0.6) is 0 Å². The van der Waals surface area contributed by atoms with E-state index in [1.165, 1.54) is 0 Å². The Balaban J connectivity index is 2.08. The first-order chi connectivity index (χ1) is 9.58. The highest BCUT2D eigenvalue weighted by molar-refractivity contribution is 5.90. The number of rotatable bonds is 4. The molecular formula is C13H16N4O3. The smallest absolute Gasteiger partial charge is 0.319 e. The van der Waals surface area contributed by atoms with Crippen LogP contribution in [-0.2, 0) is 0 Å². The second kappa shape index (κ2) is 6.16. The lowest BCUT2D eigenvalue weighted by molar-refractivity contribution is 0.229. The van der Waals surface area contributed by atoms with Crippen molar-refractivity contribution < 1.29 is 14.4 Å². The largest absolute Gasteiger partial charge is 0.394 e. The molecule has 7 heteroatoms. The predicted octanol–water partition coefficient (Wildman–Crippen LogP) is 1.55. The highest BCUT2D eigenvalue weighted by atomic mass is 16.5. The van der Waals surface area contributed by atoms with E-state index in [2.05, 4.69) is 20.8 Å². The quantitative estimate of drug-likeness (QED) is 0.786. The third-order valence-corrected chi connectivity index (χ3v) is 2.56. The van der Waals surface area contributed by atoms with Gasteiger partial charge in [-0.2, -0.15) is 4.98 Å². The van der Waals surface area contributed by atoms with Crippen LogP contribution in [0.4, 0.5) is 10.5 Å². The molecular weight excluding hydrogens is 260 g/mol. The minimum atomic E-state index is -0.381. The zero-order chi connectivity index (χ0) is 14.5. The topological polar surface area (TPSA) is 100 Å². The van der Waals surface area contributed by atoms with Gasteiger partial charge in [0, 0.05) is 18.2 Å². The molecule has 2 amide bonds. The van der Waals surface area contributed by atoms with Gasteiger partial charge in [-0.3, -0.25) is 0 Å². The Kier molecular flexibility index (Phi) is 4.31. The number of carbonyl (C=O) groups excluding carboxylic acids is 1. The van der Waals surface area contributed by atoms with Crippen molar-refractivity contribution in [2.45, 2.75) is 19.9 Å². The number of benzene rings is 1. The van der Waals surface area contributed by atoms with Gasteiger partial charge in [-0.05, 0) is 19.1 Å². The van der Waals surface area contributed by atoms with Crippen LogP contribution in [0.25, 0.3) is 11.4 Å². The van der Waals surface area contributed by atoms with Crippen LogP contribution in [-0.4, -0.2) is 33.9 Å². The number of hydrogen-bond donors (Lipinski definition) is 3. The number of aromatic nitrogens is 2. The molecule has 1 aromatic carbocycles. The third-order valence-electron chi connectivity index (χ3n) is 2.56. The molecule has 1 aromatic heterocycles. The summed E-state index contributed by atoms with van der Waals surface area (Å²) in [6.07, 6.45) is 0. The molecule has 3 N–H and O–H groups in total. The monoisotopic (exact) mass is 276 g/mol. The first-order valence-electron chi connectivity index (χ1n) is 6.17. The molecule has 0 unspecified atom stereocenters. The van der Waals surface area contributed by atoms with E-state index < -0.39 is 0 Å². The summed E-state index contributed by atoms with van der Waals surface area (Å²) in [5.41, 5.74) is 1.35. The summed E-state index contributed by atoms with van der Waals surface area (Å²) in [7, 11) is 0. The lowest BCUT2D eigenvalue weighted by Crippen LogP contribution is -2.38. The second-order valence-corrected chi connectivity index (χ2v) is 4.40. The van der Waals surface area contributed by atoms with Crippen molar-refractivity contribution in [3.8, 4) is 11.4 Å². The first-order valence-corrected chi connectivity index (χ1v) is 6.17. The van der Waals surface area contributed by atoms with Gasteiger partial charge in [0.25, 0.3) is 0 Å². The maximum absolute atomic E-state index is 11.7. The number of urea groups is 1. The molecule has 106 valence electrons. The second-order valence-electron chi connectivity index (χ2n) is 4.40. The number of aliphatic hydroxyl groups excluding tert-OH is 1. The number of hydrogen-bond acceptors (Lipinski definition) is 5. The zero-order valence-electron chi connectivity index (χ0n) is 11.3. The van der Waals surface area contributed by atoms with E-state index in [0.29, 0.717) is 17.4 Å². The van der Waals surface area contributed by atoms with Crippen LogP contribution < -0.4 is 10.6 Å². The Hall–Kier alpha value is -2.41. The minimum absolute atomic E-state index is 0.115. The lowest BCUT2D eigenvalue weighted by atomic mass is 10.2. The Morgan fingerprint density at radius 2 is 2.30 bits per heavy atom. The molecule has 0 radical (unpaired) electrons. The van der Waals surface area contributed by atoms with Crippen molar-refractivity contribution in [1.29, 1.82) is 0 Å². The fraction of sp³-hybridized carbons (Fsp3) is 0.308. The average Bonchev–Trinajstić information content (AvgIpc) is 2.85. The van der Waals surface area contributed by atoms with Crippen LogP contribution >= 0.6 is 0 Å². The Labute approximate surface area is 116 Å². The standard InChI is InChI=1S/C13H16N4O3/c1-8(7-18)14-13(19)16-11-5-3-4-10(6-11)12-15-9(2)20-17-12/h3-6,8,18H,7H2,1-2H3,(H2,14,16,19)/t8-/m0/s1. The van der Waals surface area contributed by atoms with Crippen LogP contribution in [0.1, 0.15) is 12.8 Å². The van der Waals surface area contributed by atoms with E-state index in [1.54, 1.807) is 32.0 Å². The lowest BCUT2D eigenvalue weighted by Gasteiger charge is -2.12. The summed E-state index contributed by atoms with van der Waals surface area (Å²) in [4.78, 5) is 15.8. The van der Waals surface area contributed by atoms with E-state index in [9.17, 15) is 4.79 Å². The van der Waals surface area contributed by atoms with Crippen LogP contribution in [0.15, 0.2) is 28.8 Å². The van der Waals surface area contributed by atoms with Gasteiger partial charge in [0.15, 0.2) is 0 Å². The van der Waals surface area contributed by atoms with Gasteiger partial charge in [-0.15, -0.1) is 0 Å². The minimum Gasteiger partial charge on any atom is -0.394 e. The van der Waals surface area contributed by atoms with E-state index in [4.69, 9.17) is 9.63 Å². The number of nitrogens with zero attached hydrogens (tertiary/aromatic N) is 2.